The van der Waals surface area contributed by atoms with Crippen LogP contribution in [0, 0.1) is 23.2 Å². The van der Waals surface area contributed by atoms with Gasteiger partial charge in [0.15, 0.2) is 5.78 Å². The molecule has 3 nitrogen and oxygen atoms in total. The highest BCUT2D eigenvalue weighted by molar-refractivity contribution is 5.92. The molecule has 1 saturated carbocycles. The third-order valence-corrected chi connectivity index (χ3v) is 5.13. The van der Waals surface area contributed by atoms with Gasteiger partial charge in [-0.05, 0) is 54.1 Å². The first kappa shape index (κ1) is 13.8. The molecule has 2 aliphatic rings. The number of carbonyl (C=O) groups excluding carboxylic acids is 1. The third kappa shape index (κ3) is 2.14. The monoisotopic (exact) mass is 252 g/mol. The molecule has 2 rings (SSSR count). The van der Waals surface area contributed by atoms with Crippen LogP contribution in [0.1, 0.15) is 39.5 Å². The van der Waals surface area contributed by atoms with Crippen LogP contribution in [0.5, 0.6) is 0 Å². The topological polar surface area (TPSA) is 57.5 Å². The molecular formula is C15H24O3. The average Bonchev–Trinajstić information content (AvgIpc) is 2.78. The first-order chi connectivity index (χ1) is 8.53. The molecule has 0 aliphatic heterocycles. The van der Waals surface area contributed by atoms with Crippen LogP contribution in [-0.4, -0.2) is 29.2 Å². The van der Waals surface area contributed by atoms with Gasteiger partial charge in [-0.1, -0.05) is 13.8 Å². The van der Waals surface area contributed by atoms with Gasteiger partial charge in [-0.2, -0.15) is 0 Å². The van der Waals surface area contributed by atoms with Crippen molar-refractivity contribution >= 4 is 5.78 Å². The summed E-state index contributed by atoms with van der Waals surface area (Å²) in [6.07, 6.45) is 5.22. The number of ketones is 1. The minimum atomic E-state index is -0.119. The summed E-state index contributed by atoms with van der Waals surface area (Å²) in [5.74, 6) is 1.32. The summed E-state index contributed by atoms with van der Waals surface area (Å²) in [5, 5.41) is 19.2. The van der Waals surface area contributed by atoms with Gasteiger partial charge in [-0.25, -0.2) is 0 Å². The Labute approximate surface area is 109 Å². The molecule has 0 saturated heterocycles. The number of aliphatic hydroxyl groups is 2. The summed E-state index contributed by atoms with van der Waals surface area (Å²) in [5.41, 5.74) is 0.743. The zero-order chi connectivity index (χ0) is 13.3. The quantitative estimate of drug-likeness (QED) is 0.807. The largest absolute Gasteiger partial charge is 0.396 e. The maximum Gasteiger partial charge on any atom is 0.156 e. The molecule has 1 fully saturated rings. The lowest BCUT2D eigenvalue weighted by Crippen LogP contribution is -2.39. The van der Waals surface area contributed by atoms with E-state index in [0.717, 1.165) is 24.8 Å². The standard InChI is InChI=1S/C15H24O3/c1-10(2)11-3-4-15(7-11)12(8-16)5-14(18)6-13(15)9-17/h5,10-11,13,16-17H,3-4,6-9H2,1-2H3. The molecule has 102 valence electrons. The van der Waals surface area contributed by atoms with E-state index in [2.05, 4.69) is 13.8 Å². The van der Waals surface area contributed by atoms with Crippen molar-refractivity contribution in [2.75, 3.05) is 13.2 Å². The molecule has 0 bridgehead atoms. The third-order valence-electron chi connectivity index (χ3n) is 5.13. The number of aliphatic hydroxyl groups excluding tert-OH is 2. The predicted octanol–water partition coefficient (Wildman–Crippen LogP) is 1.93. The summed E-state index contributed by atoms with van der Waals surface area (Å²) in [4.78, 5) is 11.7. The van der Waals surface area contributed by atoms with Crippen LogP contribution in [-0.2, 0) is 4.79 Å². The molecule has 0 amide bonds. The van der Waals surface area contributed by atoms with E-state index >= 15 is 0 Å². The van der Waals surface area contributed by atoms with Crippen LogP contribution in [0.3, 0.4) is 0 Å². The smallest absolute Gasteiger partial charge is 0.156 e. The molecule has 3 unspecified atom stereocenters. The molecule has 0 heterocycles. The molecule has 0 radical (unpaired) electrons. The Hall–Kier alpha value is -0.670. The fraction of sp³-hybridized carbons (Fsp3) is 0.800. The minimum Gasteiger partial charge on any atom is -0.396 e. The van der Waals surface area contributed by atoms with Crippen molar-refractivity contribution < 1.29 is 15.0 Å². The van der Waals surface area contributed by atoms with E-state index in [1.165, 1.54) is 0 Å². The SMILES string of the molecule is CC(C)C1CCC2(C1)C(CO)=CC(=O)CC2CO. The normalized spacial score (nSPS) is 36.5. The van der Waals surface area contributed by atoms with E-state index in [4.69, 9.17) is 0 Å². The van der Waals surface area contributed by atoms with Crippen LogP contribution >= 0.6 is 0 Å². The second-order valence-corrected chi connectivity index (χ2v) is 6.28. The molecule has 0 aromatic rings. The lowest BCUT2D eigenvalue weighted by Gasteiger charge is -2.41. The van der Waals surface area contributed by atoms with Crippen molar-refractivity contribution in [3.8, 4) is 0 Å². The predicted molar refractivity (Wildman–Crippen MR) is 70.0 cm³/mol. The second-order valence-electron chi connectivity index (χ2n) is 6.28. The van der Waals surface area contributed by atoms with Crippen molar-refractivity contribution in [1.29, 1.82) is 0 Å². The van der Waals surface area contributed by atoms with Gasteiger partial charge in [0.1, 0.15) is 0 Å². The summed E-state index contributed by atoms with van der Waals surface area (Å²) in [7, 11) is 0. The number of hydrogen-bond acceptors (Lipinski definition) is 3. The summed E-state index contributed by atoms with van der Waals surface area (Å²) >= 11 is 0. The highest BCUT2D eigenvalue weighted by Crippen LogP contribution is 2.56. The minimum absolute atomic E-state index is 0.000833. The van der Waals surface area contributed by atoms with E-state index in [1.54, 1.807) is 6.08 Å². The molecular weight excluding hydrogens is 228 g/mol. The van der Waals surface area contributed by atoms with Gasteiger partial charge in [0.25, 0.3) is 0 Å². The molecule has 2 N–H and O–H groups in total. The Morgan fingerprint density at radius 3 is 2.67 bits per heavy atom. The van der Waals surface area contributed by atoms with Gasteiger partial charge in [0, 0.05) is 13.0 Å². The van der Waals surface area contributed by atoms with E-state index in [1.807, 2.05) is 0 Å². The fourth-order valence-corrected chi connectivity index (χ4v) is 3.89. The first-order valence-corrected chi connectivity index (χ1v) is 6.99. The fourth-order valence-electron chi connectivity index (χ4n) is 3.89. The molecule has 3 atom stereocenters. The summed E-state index contributed by atoms with van der Waals surface area (Å²) in [6, 6.07) is 0. The van der Waals surface area contributed by atoms with Crippen LogP contribution < -0.4 is 0 Å². The van der Waals surface area contributed by atoms with Gasteiger partial charge in [-0.3, -0.25) is 4.79 Å². The highest BCUT2D eigenvalue weighted by atomic mass is 16.3. The maximum absolute atomic E-state index is 11.7. The molecule has 0 aromatic carbocycles. The average molecular weight is 252 g/mol. The van der Waals surface area contributed by atoms with Crippen molar-refractivity contribution in [3.05, 3.63) is 11.6 Å². The van der Waals surface area contributed by atoms with E-state index in [9.17, 15) is 15.0 Å². The van der Waals surface area contributed by atoms with Crippen LogP contribution in [0.25, 0.3) is 0 Å². The molecule has 0 aromatic heterocycles. The number of rotatable bonds is 3. The Morgan fingerprint density at radius 2 is 2.17 bits per heavy atom. The van der Waals surface area contributed by atoms with Gasteiger partial charge >= 0.3 is 0 Å². The van der Waals surface area contributed by atoms with Crippen molar-refractivity contribution in [3.63, 3.8) is 0 Å². The van der Waals surface area contributed by atoms with Crippen molar-refractivity contribution in [1.82, 2.24) is 0 Å². The van der Waals surface area contributed by atoms with Crippen molar-refractivity contribution in [2.24, 2.45) is 23.2 Å². The highest BCUT2D eigenvalue weighted by Gasteiger charge is 2.49. The van der Waals surface area contributed by atoms with E-state index < -0.39 is 0 Å². The number of hydrogen-bond donors (Lipinski definition) is 2. The molecule has 18 heavy (non-hydrogen) atoms. The Balaban J connectivity index is 2.32. The Kier molecular flexibility index (Phi) is 3.93. The molecule has 1 spiro atoms. The van der Waals surface area contributed by atoms with Crippen LogP contribution in [0.15, 0.2) is 11.6 Å². The van der Waals surface area contributed by atoms with E-state index in [-0.39, 0.29) is 30.3 Å². The summed E-state index contributed by atoms with van der Waals surface area (Å²) in [6.45, 7) is 4.46. The van der Waals surface area contributed by atoms with Gasteiger partial charge in [0.2, 0.25) is 0 Å². The zero-order valence-corrected chi connectivity index (χ0v) is 11.4. The van der Waals surface area contributed by atoms with Gasteiger partial charge in [-0.15, -0.1) is 0 Å². The molecule has 2 aliphatic carbocycles. The number of allylic oxidation sites excluding steroid dienone is 1. The lowest BCUT2D eigenvalue weighted by atomic mass is 9.63. The lowest BCUT2D eigenvalue weighted by molar-refractivity contribution is -0.118. The second kappa shape index (κ2) is 5.14. The van der Waals surface area contributed by atoms with Gasteiger partial charge in [0.05, 0.1) is 6.61 Å². The Morgan fingerprint density at radius 1 is 1.44 bits per heavy atom. The van der Waals surface area contributed by atoms with Gasteiger partial charge < -0.3 is 10.2 Å². The van der Waals surface area contributed by atoms with Crippen molar-refractivity contribution in [2.45, 2.75) is 39.5 Å². The zero-order valence-electron chi connectivity index (χ0n) is 11.4. The summed E-state index contributed by atoms with van der Waals surface area (Å²) < 4.78 is 0. The van der Waals surface area contributed by atoms with Crippen LogP contribution in [0.2, 0.25) is 0 Å². The van der Waals surface area contributed by atoms with Crippen LogP contribution in [0.4, 0.5) is 0 Å². The number of carbonyl (C=O) groups is 1. The van der Waals surface area contributed by atoms with E-state index in [0.29, 0.717) is 18.3 Å². The first-order valence-electron chi connectivity index (χ1n) is 6.99. The Bertz CT molecular complexity index is 359. The maximum atomic E-state index is 11.7. The molecule has 3 heteroatoms.